The van der Waals surface area contributed by atoms with Crippen molar-refractivity contribution in [1.29, 1.82) is 0 Å². The molecule has 1 amide bonds. The minimum atomic E-state index is 0.130. The highest BCUT2D eigenvalue weighted by Gasteiger charge is 2.26. The standard InChI is InChI=1S/C17H23NO3/c1-3-16(19)14-7-9-18(10-8-14)17(20)12-13-5-4-6-15(11-13)21-2/h4-6,11,14H,3,7-10,12H2,1-2H3. The molecule has 1 aromatic carbocycles. The van der Waals surface area contributed by atoms with Crippen LogP contribution in [0.3, 0.4) is 0 Å². The third-order valence-corrected chi connectivity index (χ3v) is 4.14. The number of methoxy groups -OCH3 is 1. The first-order valence-electron chi connectivity index (χ1n) is 7.57. The lowest BCUT2D eigenvalue weighted by atomic mass is 9.91. The zero-order chi connectivity index (χ0) is 15.2. The summed E-state index contributed by atoms with van der Waals surface area (Å²) in [5, 5.41) is 0. The molecule has 0 N–H and O–H groups in total. The molecular weight excluding hydrogens is 266 g/mol. The molecule has 0 aliphatic carbocycles. The van der Waals surface area contributed by atoms with Crippen LogP contribution in [-0.4, -0.2) is 36.8 Å². The molecule has 1 saturated heterocycles. The predicted molar refractivity (Wildman–Crippen MR) is 81.3 cm³/mol. The van der Waals surface area contributed by atoms with Crippen LogP contribution >= 0.6 is 0 Å². The van der Waals surface area contributed by atoms with E-state index >= 15 is 0 Å². The van der Waals surface area contributed by atoms with E-state index in [1.807, 2.05) is 36.1 Å². The van der Waals surface area contributed by atoms with Crippen molar-refractivity contribution in [2.45, 2.75) is 32.6 Å². The summed E-state index contributed by atoms with van der Waals surface area (Å²) in [6.07, 6.45) is 2.60. The first-order chi connectivity index (χ1) is 10.1. The van der Waals surface area contributed by atoms with Crippen LogP contribution in [0.1, 0.15) is 31.7 Å². The SMILES string of the molecule is CCC(=O)C1CCN(C(=O)Cc2cccc(OC)c2)CC1. The van der Waals surface area contributed by atoms with Gasteiger partial charge in [0.05, 0.1) is 13.5 Å². The Morgan fingerprint density at radius 2 is 2.00 bits per heavy atom. The number of Topliss-reactive ketones (excluding diaryl/α,β-unsaturated/α-hetero) is 1. The highest BCUT2D eigenvalue weighted by atomic mass is 16.5. The van der Waals surface area contributed by atoms with Crippen LogP contribution in [0, 0.1) is 5.92 Å². The molecule has 1 heterocycles. The number of hydrogen-bond acceptors (Lipinski definition) is 3. The van der Waals surface area contributed by atoms with Gasteiger partial charge in [-0.3, -0.25) is 9.59 Å². The molecule has 114 valence electrons. The number of carbonyl (C=O) groups excluding carboxylic acids is 2. The molecule has 4 heteroatoms. The van der Waals surface area contributed by atoms with Gasteiger partial charge in [-0.15, -0.1) is 0 Å². The number of nitrogens with zero attached hydrogens (tertiary/aromatic N) is 1. The van der Waals surface area contributed by atoms with Gasteiger partial charge in [-0.05, 0) is 30.5 Å². The average Bonchev–Trinajstić information content (AvgIpc) is 2.54. The third kappa shape index (κ3) is 4.06. The average molecular weight is 289 g/mol. The minimum Gasteiger partial charge on any atom is -0.497 e. The Morgan fingerprint density at radius 1 is 1.29 bits per heavy atom. The normalized spacial score (nSPS) is 15.8. The Bertz CT molecular complexity index is 505. The molecule has 1 fully saturated rings. The third-order valence-electron chi connectivity index (χ3n) is 4.14. The molecule has 21 heavy (non-hydrogen) atoms. The van der Waals surface area contributed by atoms with Gasteiger partial charge in [-0.1, -0.05) is 19.1 Å². The smallest absolute Gasteiger partial charge is 0.226 e. The van der Waals surface area contributed by atoms with E-state index in [0.717, 1.165) is 24.2 Å². The lowest BCUT2D eigenvalue weighted by molar-refractivity contribution is -0.134. The van der Waals surface area contributed by atoms with Gasteiger partial charge in [-0.2, -0.15) is 0 Å². The molecule has 0 spiro atoms. The molecule has 1 aliphatic heterocycles. The van der Waals surface area contributed by atoms with Crippen LogP contribution in [0.4, 0.5) is 0 Å². The van der Waals surface area contributed by atoms with Gasteiger partial charge in [-0.25, -0.2) is 0 Å². The van der Waals surface area contributed by atoms with Gasteiger partial charge in [0.15, 0.2) is 0 Å². The largest absolute Gasteiger partial charge is 0.497 e. The second kappa shape index (κ2) is 7.25. The lowest BCUT2D eigenvalue weighted by Gasteiger charge is -2.31. The van der Waals surface area contributed by atoms with Crippen molar-refractivity contribution in [2.24, 2.45) is 5.92 Å². The van der Waals surface area contributed by atoms with Gasteiger partial charge >= 0.3 is 0 Å². The second-order valence-corrected chi connectivity index (χ2v) is 5.50. The van der Waals surface area contributed by atoms with E-state index in [9.17, 15) is 9.59 Å². The summed E-state index contributed by atoms with van der Waals surface area (Å²) in [7, 11) is 1.62. The maximum atomic E-state index is 12.3. The highest BCUT2D eigenvalue weighted by molar-refractivity contribution is 5.82. The number of piperidine rings is 1. The Balaban J connectivity index is 1.88. The first kappa shape index (κ1) is 15.5. The molecule has 0 unspecified atom stereocenters. The van der Waals surface area contributed by atoms with E-state index in [-0.39, 0.29) is 11.8 Å². The van der Waals surface area contributed by atoms with Crippen LogP contribution < -0.4 is 4.74 Å². The Kier molecular flexibility index (Phi) is 5.37. The predicted octanol–water partition coefficient (Wildman–Crippen LogP) is 2.46. The number of rotatable bonds is 5. The van der Waals surface area contributed by atoms with Crippen molar-refractivity contribution >= 4 is 11.7 Å². The Morgan fingerprint density at radius 3 is 2.62 bits per heavy atom. The van der Waals surface area contributed by atoms with Crippen molar-refractivity contribution in [3.05, 3.63) is 29.8 Å². The maximum Gasteiger partial charge on any atom is 0.226 e. The highest BCUT2D eigenvalue weighted by Crippen LogP contribution is 2.20. The van der Waals surface area contributed by atoms with Crippen molar-refractivity contribution in [2.75, 3.05) is 20.2 Å². The number of ketones is 1. The Hall–Kier alpha value is -1.84. The Labute approximate surface area is 126 Å². The van der Waals surface area contributed by atoms with Gasteiger partial charge in [0.1, 0.15) is 11.5 Å². The second-order valence-electron chi connectivity index (χ2n) is 5.50. The quantitative estimate of drug-likeness (QED) is 0.836. The van der Waals surface area contributed by atoms with Gasteiger partial charge < -0.3 is 9.64 Å². The van der Waals surface area contributed by atoms with Gasteiger partial charge in [0.25, 0.3) is 0 Å². The molecule has 0 bridgehead atoms. The summed E-state index contributed by atoms with van der Waals surface area (Å²) in [5.74, 6) is 1.38. The van der Waals surface area contributed by atoms with E-state index in [1.54, 1.807) is 7.11 Å². The van der Waals surface area contributed by atoms with Crippen molar-refractivity contribution in [1.82, 2.24) is 4.90 Å². The summed E-state index contributed by atoms with van der Waals surface area (Å²) in [6.45, 7) is 3.29. The lowest BCUT2D eigenvalue weighted by Crippen LogP contribution is -2.40. The van der Waals surface area contributed by atoms with Crippen LogP contribution in [0.2, 0.25) is 0 Å². The number of benzene rings is 1. The molecule has 0 atom stereocenters. The molecule has 4 nitrogen and oxygen atoms in total. The summed E-state index contributed by atoms with van der Waals surface area (Å²) < 4.78 is 5.17. The topological polar surface area (TPSA) is 46.6 Å². The molecule has 0 radical (unpaired) electrons. The zero-order valence-electron chi connectivity index (χ0n) is 12.8. The minimum absolute atomic E-state index is 0.130. The fourth-order valence-electron chi connectivity index (χ4n) is 2.81. The summed E-state index contributed by atoms with van der Waals surface area (Å²) in [5.41, 5.74) is 0.964. The van der Waals surface area contributed by atoms with Crippen LogP contribution in [0.15, 0.2) is 24.3 Å². The molecule has 0 saturated carbocycles. The molecule has 2 rings (SSSR count). The van der Waals surface area contributed by atoms with Crippen LogP contribution in [0.5, 0.6) is 5.75 Å². The monoisotopic (exact) mass is 289 g/mol. The zero-order valence-corrected chi connectivity index (χ0v) is 12.8. The van der Waals surface area contributed by atoms with E-state index in [4.69, 9.17) is 4.74 Å². The maximum absolute atomic E-state index is 12.3. The van der Waals surface area contributed by atoms with Gasteiger partial charge in [0, 0.05) is 25.4 Å². The van der Waals surface area contributed by atoms with Crippen LogP contribution in [-0.2, 0) is 16.0 Å². The van der Waals surface area contributed by atoms with E-state index in [0.29, 0.717) is 31.7 Å². The molecule has 1 aromatic rings. The summed E-state index contributed by atoms with van der Waals surface area (Å²) in [4.78, 5) is 25.9. The van der Waals surface area contributed by atoms with E-state index in [2.05, 4.69) is 0 Å². The number of ether oxygens (including phenoxy) is 1. The fourth-order valence-corrected chi connectivity index (χ4v) is 2.81. The fraction of sp³-hybridized carbons (Fsp3) is 0.529. The van der Waals surface area contributed by atoms with Crippen molar-refractivity contribution in [3.63, 3.8) is 0 Å². The van der Waals surface area contributed by atoms with E-state index < -0.39 is 0 Å². The number of carbonyl (C=O) groups is 2. The summed E-state index contributed by atoms with van der Waals surface area (Å²) in [6, 6.07) is 7.60. The number of hydrogen-bond donors (Lipinski definition) is 0. The van der Waals surface area contributed by atoms with Gasteiger partial charge in [0.2, 0.25) is 5.91 Å². The molecule has 1 aliphatic rings. The van der Waals surface area contributed by atoms with Crippen LogP contribution in [0.25, 0.3) is 0 Å². The van der Waals surface area contributed by atoms with Crippen molar-refractivity contribution < 1.29 is 14.3 Å². The first-order valence-corrected chi connectivity index (χ1v) is 7.57. The molecular formula is C17H23NO3. The number of likely N-dealkylation sites (tertiary alicyclic amines) is 1. The van der Waals surface area contributed by atoms with Crippen molar-refractivity contribution in [3.8, 4) is 5.75 Å². The summed E-state index contributed by atoms with van der Waals surface area (Å²) >= 11 is 0. The van der Waals surface area contributed by atoms with E-state index in [1.165, 1.54) is 0 Å². The molecule has 0 aromatic heterocycles. The number of amides is 1.